The van der Waals surface area contributed by atoms with Crippen LogP contribution in [0.3, 0.4) is 0 Å². The van der Waals surface area contributed by atoms with Crippen LogP contribution in [-0.2, 0) is 0 Å². The third-order valence-electron chi connectivity index (χ3n) is 2.04. The van der Waals surface area contributed by atoms with Gasteiger partial charge >= 0.3 is 0 Å². The second kappa shape index (κ2) is 4.89. The lowest BCUT2D eigenvalue weighted by Gasteiger charge is -2.02. The van der Waals surface area contributed by atoms with Crippen molar-refractivity contribution in [3.05, 3.63) is 29.0 Å². The molecule has 4 heteroatoms. The average molecular weight is 219 g/mol. The van der Waals surface area contributed by atoms with E-state index in [0.29, 0.717) is 0 Å². The van der Waals surface area contributed by atoms with E-state index >= 15 is 0 Å². The summed E-state index contributed by atoms with van der Waals surface area (Å²) in [4.78, 5) is 0. The number of aromatic nitrogens is 2. The molecule has 0 unspecified atom stereocenters. The van der Waals surface area contributed by atoms with E-state index in [2.05, 4.69) is 27.8 Å². The molecule has 0 atom stereocenters. The molecule has 78 valence electrons. The molecule has 2 aromatic heterocycles. The molecule has 0 bridgehead atoms. The Balaban J connectivity index is 2.11. The Morgan fingerprint density at radius 3 is 2.80 bits per heavy atom. The Hall–Kier alpha value is -1.42. The van der Waals surface area contributed by atoms with Crippen molar-refractivity contribution >= 4 is 17.2 Å². The van der Waals surface area contributed by atoms with Gasteiger partial charge in [-0.05, 0) is 30.0 Å². The highest BCUT2D eigenvalue weighted by Crippen LogP contribution is 2.19. The molecule has 15 heavy (non-hydrogen) atoms. The van der Waals surface area contributed by atoms with E-state index in [4.69, 9.17) is 0 Å². The highest BCUT2D eigenvalue weighted by Gasteiger charge is 2.00. The predicted molar refractivity (Wildman–Crippen MR) is 64.1 cm³/mol. The third-order valence-corrected chi connectivity index (χ3v) is 2.72. The minimum Gasteiger partial charge on any atom is -0.369 e. The number of anilines is 1. The molecule has 0 aromatic carbocycles. The van der Waals surface area contributed by atoms with Gasteiger partial charge in [-0.1, -0.05) is 6.92 Å². The van der Waals surface area contributed by atoms with Gasteiger partial charge in [-0.25, -0.2) is 0 Å². The zero-order chi connectivity index (χ0) is 10.5. The number of thiophene rings is 1. The van der Waals surface area contributed by atoms with Crippen molar-refractivity contribution in [3.63, 3.8) is 0 Å². The molecule has 0 aliphatic rings. The maximum atomic E-state index is 4.17. The summed E-state index contributed by atoms with van der Waals surface area (Å²) in [6.45, 7) is 3.06. The van der Waals surface area contributed by atoms with Gasteiger partial charge in [0, 0.05) is 17.5 Å². The molecule has 0 spiro atoms. The van der Waals surface area contributed by atoms with Crippen LogP contribution in [0.25, 0.3) is 11.3 Å². The zero-order valence-electron chi connectivity index (χ0n) is 8.60. The van der Waals surface area contributed by atoms with Crippen molar-refractivity contribution in [1.29, 1.82) is 0 Å². The first kappa shape index (κ1) is 10.1. The molecular formula is C11H13N3S. The zero-order valence-corrected chi connectivity index (χ0v) is 9.42. The quantitative estimate of drug-likeness (QED) is 0.859. The van der Waals surface area contributed by atoms with Gasteiger partial charge in [-0.15, -0.1) is 10.2 Å². The maximum Gasteiger partial charge on any atom is 0.148 e. The Morgan fingerprint density at radius 2 is 2.20 bits per heavy atom. The molecule has 1 N–H and O–H groups in total. The maximum absolute atomic E-state index is 4.17. The summed E-state index contributed by atoms with van der Waals surface area (Å²) in [6.07, 6.45) is 1.09. The number of rotatable bonds is 4. The van der Waals surface area contributed by atoms with Gasteiger partial charge in [0.05, 0.1) is 5.69 Å². The third kappa shape index (κ3) is 2.53. The van der Waals surface area contributed by atoms with Crippen molar-refractivity contribution in [3.8, 4) is 11.3 Å². The van der Waals surface area contributed by atoms with Crippen LogP contribution in [-0.4, -0.2) is 16.7 Å². The van der Waals surface area contributed by atoms with Crippen LogP contribution in [0.15, 0.2) is 29.0 Å². The van der Waals surface area contributed by atoms with Crippen molar-refractivity contribution in [2.45, 2.75) is 13.3 Å². The topological polar surface area (TPSA) is 37.8 Å². The van der Waals surface area contributed by atoms with Crippen molar-refractivity contribution < 1.29 is 0 Å². The highest BCUT2D eigenvalue weighted by atomic mass is 32.1. The van der Waals surface area contributed by atoms with Crippen LogP contribution < -0.4 is 5.32 Å². The first-order valence-corrected chi connectivity index (χ1v) is 5.94. The standard InChI is InChI=1S/C11H13N3S/c1-2-6-12-11-4-3-10(13-14-11)9-5-7-15-8-9/h3-5,7-8H,2,6H2,1H3,(H,12,14). The summed E-state index contributed by atoms with van der Waals surface area (Å²) < 4.78 is 0. The molecule has 0 aliphatic heterocycles. The minimum atomic E-state index is 0.843. The second-order valence-corrected chi connectivity index (χ2v) is 4.02. The predicted octanol–water partition coefficient (Wildman–Crippen LogP) is 3.03. The van der Waals surface area contributed by atoms with E-state index in [9.17, 15) is 0 Å². The van der Waals surface area contributed by atoms with Gasteiger partial charge in [-0.2, -0.15) is 11.3 Å². The van der Waals surface area contributed by atoms with E-state index in [1.54, 1.807) is 11.3 Å². The summed E-state index contributed by atoms with van der Waals surface area (Å²) >= 11 is 1.67. The Morgan fingerprint density at radius 1 is 1.27 bits per heavy atom. The molecule has 0 saturated heterocycles. The monoisotopic (exact) mass is 219 g/mol. The second-order valence-electron chi connectivity index (χ2n) is 3.24. The van der Waals surface area contributed by atoms with E-state index < -0.39 is 0 Å². The Kier molecular flexibility index (Phi) is 3.29. The van der Waals surface area contributed by atoms with E-state index in [1.165, 1.54) is 0 Å². The normalized spacial score (nSPS) is 10.2. The van der Waals surface area contributed by atoms with E-state index in [-0.39, 0.29) is 0 Å². The number of nitrogens with one attached hydrogen (secondary N) is 1. The van der Waals surface area contributed by atoms with E-state index in [0.717, 1.165) is 30.0 Å². The lowest BCUT2D eigenvalue weighted by atomic mass is 10.2. The Bertz CT molecular complexity index is 394. The average Bonchev–Trinajstić information content (AvgIpc) is 2.80. The van der Waals surface area contributed by atoms with Gasteiger partial charge in [0.1, 0.15) is 5.82 Å². The smallest absolute Gasteiger partial charge is 0.148 e. The van der Waals surface area contributed by atoms with E-state index in [1.807, 2.05) is 23.6 Å². The molecule has 0 saturated carbocycles. The van der Waals surface area contributed by atoms with Crippen molar-refractivity contribution in [2.75, 3.05) is 11.9 Å². The molecule has 2 aromatic rings. The molecule has 3 nitrogen and oxygen atoms in total. The molecule has 0 radical (unpaired) electrons. The number of nitrogens with zero attached hydrogens (tertiary/aromatic N) is 2. The minimum absolute atomic E-state index is 0.843. The first-order chi connectivity index (χ1) is 7.40. The fraction of sp³-hybridized carbons (Fsp3) is 0.273. The molecule has 0 aliphatic carbocycles. The summed E-state index contributed by atoms with van der Waals surface area (Å²) in [6, 6.07) is 6.01. The SMILES string of the molecule is CCCNc1ccc(-c2ccsc2)nn1. The first-order valence-electron chi connectivity index (χ1n) is 5.00. The van der Waals surface area contributed by atoms with Crippen LogP contribution in [0.4, 0.5) is 5.82 Å². The van der Waals surface area contributed by atoms with Crippen LogP contribution in [0.1, 0.15) is 13.3 Å². The summed E-state index contributed by atoms with van der Waals surface area (Å²) in [5.74, 6) is 0.843. The highest BCUT2D eigenvalue weighted by molar-refractivity contribution is 7.08. The summed E-state index contributed by atoms with van der Waals surface area (Å²) in [5.41, 5.74) is 2.06. The van der Waals surface area contributed by atoms with Crippen LogP contribution in [0.2, 0.25) is 0 Å². The van der Waals surface area contributed by atoms with Crippen LogP contribution in [0, 0.1) is 0 Å². The van der Waals surface area contributed by atoms with Crippen molar-refractivity contribution in [2.24, 2.45) is 0 Å². The number of hydrogen-bond acceptors (Lipinski definition) is 4. The van der Waals surface area contributed by atoms with Crippen LogP contribution >= 0.6 is 11.3 Å². The van der Waals surface area contributed by atoms with Gasteiger partial charge in [0.25, 0.3) is 0 Å². The van der Waals surface area contributed by atoms with Gasteiger partial charge in [-0.3, -0.25) is 0 Å². The fourth-order valence-corrected chi connectivity index (χ4v) is 1.89. The fourth-order valence-electron chi connectivity index (χ4n) is 1.24. The van der Waals surface area contributed by atoms with Gasteiger partial charge in [0.15, 0.2) is 0 Å². The molecular weight excluding hydrogens is 206 g/mol. The molecule has 0 amide bonds. The Labute approximate surface area is 93.2 Å². The van der Waals surface area contributed by atoms with Gasteiger partial charge in [0.2, 0.25) is 0 Å². The van der Waals surface area contributed by atoms with Gasteiger partial charge < -0.3 is 5.32 Å². The largest absolute Gasteiger partial charge is 0.369 e. The number of hydrogen-bond donors (Lipinski definition) is 1. The lowest BCUT2D eigenvalue weighted by Crippen LogP contribution is -2.02. The summed E-state index contributed by atoms with van der Waals surface area (Å²) in [5, 5.41) is 15.6. The molecule has 2 rings (SSSR count). The molecule has 0 fully saturated rings. The molecule has 2 heterocycles. The van der Waals surface area contributed by atoms with Crippen LogP contribution in [0.5, 0.6) is 0 Å². The lowest BCUT2D eigenvalue weighted by molar-refractivity contribution is 0.946. The van der Waals surface area contributed by atoms with Crippen molar-refractivity contribution in [1.82, 2.24) is 10.2 Å². The summed E-state index contributed by atoms with van der Waals surface area (Å²) in [7, 11) is 0.